The first-order chi connectivity index (χ1) is 14.7. The highest BCUT2D eigenvalue weighted by molar-refractivity contribution is 7.98. The third-order valence-corrected chi connectivity index (χ3v) is 5.55. The van der Waals surface area contributed by atoms with Gasteiger partial charge in [0.25, 0.3) is 0 Å². The van der Waals surface area contributed by atoms with Gasteiger partial charge < -0.3 is 9.15 Å². The molecule has 4 aromatic rings. The quantitative estimate of drug-likeness (QED) is 0.258. The Labute approximate surface area is 183 Å². The number of hydrogen-bond donors (Lipinski definition) is 0. The Morgan fingerprint density at radius 2 is 2.00 bits per heavy atom. The lowest BCUT2D eigenvalue weighted by molar-refractivity contribution is 0.415. The van der Waals surface area contributed by atoms with Gasteiger partial charge in [-0.2, -0.15) is 0 Å². The first-order valence-corrected chi connectivity index (χ1v) is 10.6. The lowest BCUT2D eigenvalue weighted by atomic mass is 10.2. The molecule has 0 aliphatic heterocycles. The number of aromatic nitrogens is 4. The van der Waals surface area contributed by atoms with Crippen LogP contribution in [0, 0.1) is 0 Å². The third-order valence-electron chi connectivity index (χ3n) is 4.36. The van der Waals surface area contributed by atoms with Gasteiger partial charge in [-0.05, 0) is 36.4 Å². The number of ether oxygens (including phenoxy) is 1. The smallest absolute Gasteiger partial charge is 0.205 e. The van der Waals surface area contributed by atoms with Gasteiger partial charge in [-0.15, -0.1) is 16.8 Å². The summed E-state index contributed by atoms with van der Waals surface area (Å²) in [4.78, 5) is 4.37. The molecule has 0 atom stereocenters. The van der Waals surface area contributed by atoms with Crippen molar-refractivity contribution >= 4 is 23.4 Å². The minimum atomic E-state index is 0.526. The lowest BCUT2D eigenvalue weighted by Crippen LogP contribution is -2.00. The van der Waals surface area contributed by atoms with Crippen molar-refractivity contribution < 1.29 is 9.15 Å². The van der Waals surface area contributed by atoms with Gasteiger partial charge in [0, 0.05) is 22.7 Å². The second-order valence-corrected chi connectivity index (χ2v) is 7.73. The summed E-state index contributed by atoms with van der Waals surface area (Å²) in [5, 5.41) is 10.2. The van der Waals surface area contributed by atoms with Crippen LogP contribution in [0.4, 0.5) is 0 Å². The Balaban J connectivity index is 1.52. The summed E-state index contributed by atoms with van der Waals surface area (Å²) in [6.07, 6.45) is 3.53. The van der Waals surface area contributed by atoms with E-state index in [1.807, 2.05) is 59.2 Å². The molecule has 0 bridgehead atoms. The Morgan fingerprint density at radius 3 is 2.73 bits per heavy atom. The Hall–Kier alpha value is -3.03. The Morgan fingerprint density at radius 1 is 1.17 bits per heavy atom. The molecule has 2 heterocycles. The molecule has 0 radical (unpaired) electrons. The molecule has 0 amide bonds. The summed E-state index contributed by atoms with van der Waals surface area (Å²) in [5.74, 6) is 3.38. The van der Waals surface area contributed by atoms with Crippen LogP contribution in [-0.2, 0) is 12.3 Å². The number of methoxy groups -OCH3 is 1. The van der Waals surface area contributed by atoms with Crippen LogP contribution < -0.4 is 4.74 Å². The highest BCUT2D eigenvalue weighted by Gasteiger charge is 2.15. The molecule has 2 aromatic carbocycles. The molecular weight excluding hydrogens is 420 g/mol. The zero-order valence-electron chi connectivity index (χ0n) is 16.3. The molecule has 152 valence electrons. The van der Waals surface area contributed by atoms with E-state index >= 15 is 0 Å². The SMILES string of the molecule is C=CCn1c(SCc2ncc(-c3cccc(Cl)c3)o2)nnc1-c1ccc(OC)cc1. The molecule has 0 aliphatic carbocycles. The van der Waals surface area contributed by atoms with Crippen LogP contribution in [0.15, 0.2) is 77.0 Å². The predicted octanol–water partition coefficient (Wildman–Crippen LogP) is 5.74. The second-order valence-electron chi connectivity index (χ2n) is 6.35. The molecule has 0 saturated carbocycles. The summed E-state index contributed by atoms with van der Waals surface area (Å²) >= 11 is 7.57. The van der Waals surface area contributed by atoms with Gasteiger partial charge in [0.15, 0.2) is 16.7 Å². The molecule has 4 rings (SSSR count). The van der Waals surface area contributed by atoms with Crippen molar-refractivity contribution in [1.29, 1.82) is 0 Å². The monoisotopic (exact) mass is 438 g/mol. The molecule has 8 heteroatoms. The van der Waals surface area contributed by atoms with E-state index in [-0.39, 0.29) is 0 Å². The van der Waals surface area contributed by atoms with Crippen LogP contribution in [0.5, 0.6) is 5.75 Å². The van der Waals surface area contributed by atoms with E-state index in [9.17, 15) is 0 Å². The van der Waals surface area contributed by atoms with Gasteiger partial charge in [-0.1, -0.05) is 41.6 Å². The largest absolute Gasteiger partial charge is 0.497 e. The summed E-state index contributed by atoms with van der Waals surface area (Å²) < 4.78 is 13.1. The molecule has 0 N–H and O–H groups in total. The molecule has 0 spiro atoms. The number of oxazole rings is 1. The minimum absolute atomic E-state index is 0.526. The highest BCUT2D eigenvalue weighted by Crippen LogP contribution is 2.29. The number of halogens is 1. The number of thioether (sulfide) groups is 1. The van der Waals surface area contributed by atoms with Gasteiger partial charge in [0.05, 0.1) is 19.1 Å². The van der Waals surface area contributed by atoms with Crippen molar-refractivity contribution in [1.82, 2.24) is 19.7 Å². The van der Waals surface area contributed by atoms with Crippen molar-refractivity contribution in [3.8, 4) is 28.5 Å². The van der Waals surface area contributed by atoms with E-state index in [0.717, 1.165) is 27.9 Å². The van der Waals surface area contributed by atoms with E-state index in [0.29, 0.717) is 29.0 Å². The van der Waals surface area contributed by atoms with E-state index in [4.69, 9.17) is 20.8 Å². The van der Waals surface area contributed by atoms with Gasteiger partial charge >= 0.3 is 0 Å². The van der Waals surface area contributed by atoms with Gasteiger partial charge in [-0.3, -0.25) is 4.57 Å². The molecule has 6 nitrogen and oxygen atoms in total. The van der Waals surface area contributed by atoms with E-state index in [2.05, 4.69) is 21.8 Å². The maximum atomic E-state index is 6.06. The van der Waals surface area contributed by atoms with E-state index in [1.54, 1.807) is 13.3 Å². The summed E-state index contributed by atoms with van der Waals surface area (Å²) in [6, 6.07) is 15.2. The van der Waals surface area contributed by atoms with E-state index < -0.39 is 0 Å². The van der Waals surface area contributed by atoms with Crippen molar-refractivity contribution in [2.75, 3.05) is 7.11 Å². The standard InChI is InChI=1S/C22H19ClN4O2S/c1-3-11-27-21(15-7-9-18(28-2)10-8-15)25-26-22(27)30-14-20-24-13-19(29-20)16-5-4-6-17(23)12-16/h3-10,12-13H,1,11,14H2,2H3. The average molecular weight is 439 g/mol. The zero-order chi connectivity index (χ0) is 20.9. The molecule has 0 saturated heterocycles. The highest BCUT2D eigenvalue weighted by atomic mass is 35.5. The molecule has 0 fully saturated rings. The number of hydrogen-bond acceptors (Lipinski definition) is 6. The van der Waals surface area contributed by atoms with Crippen LogP contribution in [0.2, 0.25) is 5.02 Å². The molecule has 0 aliphatic rings. The first kappa shape index (κ1) is 20.3. The number of allylic oxidation sites excluding steroid dienone is 1. The Kier molecular flexibility index (Phi) is 6.21. The van der Waals surface area contributed by atoms with Crippen molar-refractivity contribution in [2.24, 2.45) is 0 Å². The van der Waals surface area contributed by atoms with Gasteiger partial charge in [0.1, 0.15) is 5.75 Å². The number of nitrogens with zero attached hydrogens (tertiary/aromatic N) is 4. The molecule has 30 heavy (non-hydrogen) atoms. The molecular formula is C22H19ClN4O2S. The summed E-state index contributed by atoms with van der Waals surface area (Å²) in [6.45, 7) is 4.45. The van der Waals surface area contributed by atoms with Crippen molar-refractivity contribution in [2.45, 2.75) is 17.5 Å². The van der Waals surface area contributed by atoms with Crippen LogP contribution in [0.1, 0.15) is 5.89 Å². The van der Waals surface area contributed by atoms with Crippen LogP contribution >= 0.6 is 23.4 Å². The first-order valence-electron chi connectivity index (χ1n) is 9.20. The maximum absolute atomic E-state index is 6.06. The summed E-state index contributed by atoms with van der Waals surface area (Å²) in [5.41, 5.74) is 1.85. The molecule has 2 aromatic heterocycles. The van der Waals surface area contributed by atoms with Crippen LogP contribution in [0.25, 0.3) is 22.7 Å². The summed E-state index contributed by atoms with van der Waals surface area (Å²) in [7, 11) is 1.64. The van der Waals surface area contributed by atoms with Crippen molar-refractivity contribution in [3.05, 3.63) is 78.3 Å². The predicted molar refractivity (Wildman–Crippen MR) is 119 cm³/mol. The van der Waals surface area contributed by atoms with Crippen LogP contribution in [-0.4, -0.2) is 26.9 Å². The van der Waals surface area contributed by atoms with Crippen molar-refractivity contribution in [3.63, 3.8) is 0 Å². The normalized spacial score (nSPS) is 10.9. The fourth-order valence-electron chi connectivity index (χ4n) is 2.92. The van der Waals surface area contributed by atoms with Crippen LogP contribution in [0.3, 0.4) is 0 Å². The lowest BCUT2D eigenvalue weighted by Gasteiger charge is -2.07. The molecule has 0 unspecified atom stereocenters. The minimum Gasteiger partial charge on any atom is -0.497 e. The fraction of sp³-hybridized carbons (Fsp3) is 0.136. The maximum Gasteiger partial charge on any atom is 0.205 e. The van der Waals surface area contributed by atoms with Gasteiger partial charge in [-0.25, -0.2) is 4.98 Å². The second kappa shape index (κ2) is 9.19. The topological polar surface area (TPSA) is 66.0 Å². The van der Waals surface area contributed by atoms with Gasteiger partial charge in [0.2, 0.25) is 5.89 Å². The Bertz CT molecular complexity index is 1150. The zero-order valence-corrected chi connectivity index (χ0v) is 17.9. The van der Waals surface area contributed by atoms with E-state index in [1.165, 1.54) is 11.8 Å². The number of benzene rings is 2. The average Bonchev–Trinajstić information content (AvgIpc) is 3.40. The fourth-order valence-corrected chi connectivity index (χ4v) is 3.91. The number of rotatable bonds is 8. The third kappa shape index (κ3) is 4.42.